The van der Waals surface area contributed by atoms with Gasteiger partial charge in [0.1, 0.15) is 11.5 Å². The molecule has 1 atom stereocenters. The number of rotatable bonds is 7. The molecule has 0 aliphatic carbocycles. The van der Waals surface area contributed by atoms with Gasteiger partial charge in [0.25, 0.3) is 5.91 Å². The minimum atomic E-state index is -0.531. The van der Waals surface area contributed by atoms with Crippen LogP contribution in [0, 0.1) is 6.92 Å². The van der Waals surface area contributed by atoms with Gasteiger partial charge in [-0.1, -0.05) is 35.9 Å². The van der Waals surface area contributed by atoms with Gasteiger partial charge < -0.3 is 14.8 Å². The monoisotopic (exact) mass is 313 g/mol. The fourth-order valence-corrected chi connectivity index (χ4v) is 2.32. The van der Waals surface area contributed by atoms with E-state index in [0.717, 1.165) is 11.3 Å². The molecule has 0 radical (unpaired) electrons. The van der Waals surface area contributed by atoms with E-state index >= 15 is 0 Å². The molecule has 0 heterocycles. The van der Waals surface area contributed by atoms with Crippen molar-refractivity contribution in [2.45, 2.75) is 26.4 Å². The predicted octanol–water partition coefficient (Wildman–Crippen LogP) is 3.13. The van der Waals surface area contributed by atoms with E-state index in [-0.39, 0.29) is 5.91 Å². The first-order chi connectivity index (χ1) is 11.1. The van der Waals surface area contributed by atoms with E-state index in [0.29, 0.717) is 18.7 Å². The van der Waals surface area contributed by atoms with Gasteiger partial charge in [-0.05, 0) is 44.0 Å². The molecule has 0 aromatic heterocycles. The standard InChI is InChI=1S/C19H23NO3/c1-14-9-10-18(22-3)16(13-14)11-12-20-19(21)15(2)23-17-7-5-4-6-8-17/h4-10,13,15H,11-12H2,1-3H3,(H,20,21). The molecule has 4 nitrogen and oxygen atoms in total. The number of carbonyl (C=O) groups excluding carboxylic acids is 1. The largest absolute Gasteiger partial charge is 0.496 e. The quantitative estimate of drug-likeness (QED) is 0.854. The lowest BCUT2D eigenvalue weighted by Gasteiger charge is -2.15. The van der Waals surface area contributed by atoms with E-state index in [4.69, 9.17) is 9.47 Å². The second-order valence-electron chi connectivity index (χ2n) is 5.43. The molecule has 0 bridgehead atoms. The lowest BCUT2D eigenvalue weighted by molar-refractivity contribution is -0.127. The van der Waals surface area contributed by atoms with Gasteiger partial charge in [0, 0.05) is 6.54 Å². The molecule has 23 heavy (non-hydrogen) atoms. The van der Waals surface area contributed by atoms with Crippen LogP contribution >= 0.6 is 0 Å². The number of carbonyl (C=O) groups is 1. The number of aryl methyl sites for hydroxylation is 1. The van der Waals surface area contributed by atoms with Crippen LogP contribution in [0.4, 0.5) is 0 Å². The molecule has 0 fully saturated rings. The van der Waals surface area contributed by atoms with Crippen LogP contribution in [0.2, 0.25) is 0 Å². The van der Waals surface area contributed by atoms with Crippen molar-refractivity contribution in [1.82, 2.24) is 5.32 Å². The molecular weight excluding hydrogens is 290 g/mol. The summed E-state index contributed by atoms with van der Waals surface area (Å²) in [5.41, 5.74) is 2.26. The Bertz CT molecular complexity index is 640. The van der Waals surface area contributed by atoms with Crippen molar-refractivity contribution in [1.29, 1.82) is 0 Å². The zero-order valence-electron chi connectivity index (χ0n) is 13.8. The van der Waals surface area contributed by atoms with Crippen molar-refractivity contribution in [2.24, 2.45) is 0 Å². The molecule has 0 aliphatic rings. The Morgan fingerprint density at radius 2 is 1.91 bits per heavy atom. The van der Waals surface area contributed by atoms with Crippen LogP contribution in [0.5, 0.6) is 11.5 Å². The number of benzene rings is 2. The van der Waals surface area contributed by atoms with Crippen molar-refractivity contribution in [3.63, 3.8) is 0 Å². The van der Waals surface area contributed by atoms with Gasteiger partial charge in [-0.25, -0.2) is 0 Å². The summed E-state index contributed by atoms with van der Waals surface area (Å²) < 4.78 is 11.0. The molecule has 1 amide bonds. The Morgan fingerprint density at radius 1 is 1.17 bits per heavy atom. The zero-order valence-corrected chi connectivity index (χ0v) is 13.8. The Labute approximate surface area is 137 Å². The second-order valence-corrected chi connectivity index (χ2v) is 5.43. The van der Waals surface area contributed by atoms with Gasteiger partial charge in [-0.15, -0.1) is 0 Å². The van der Waals surface area contributed by atoms with Crippen molar-refractivity contribution < 1.29 is 14.3 Å². The van der Waals surface area contributed by atoms with E-state index in [1.54, 1.807) is 14.0 Å². The molecule has 122 valence electrons. The molecular formula is C19H23NO3. The third kappa shape index (κ3) is 5.02. The maximum atomic E-state index is 12.1. The molecule has 0 saturated carbocycles. The second kappa shape index (κ2) is 8.22. The Morgan fingerprint density at radius 3 is 2.61 bits per heavy atom. The molecule has 2 aromatic carbocycles. The topological polar surface area (TPSA) is 47.6 Å². The van der Waals surface area contributed by atoms with Gasteiger partial charge >= 0.3 is 0 Å². The molecule has 2 aromatic rings. The van der Waals surface area contributed by atoms with E-state index in [1.165, 1.54) is 5.56 Å². The summed E-state index contributed by atoms with van der Waals surface area (Å²) in [5, 5.41) is 2.90. The van der Waals surface area contributed by atoms with E-state index < -0.39 is 6.10 Å². The maximum absolute atomic E-state index is 12.1. The summed E-state index contributed by atoms with van der Waals surface area (Å²) in [6.07, 6.45) is 0.186. The van der Waals surface area contributed by atoms with Gasteiger partial charge in [-0.3, -0.25) is 4.79 Å². The van der Waals surface area contributed by atoms with Gasteiger partial charge in [-0.2, -0.15) is 0 Å². The number of hydrogen-bond donors (Lipinski definition) is 1. The van der Waals surface area contributed by atoms with Gasteiger partial charge in [0.05, 0.1) is 7.11 Å². The molecule has 4 heteroatoms. The van der Waals surface area contributed by atoms with Gasteiger partial charge in [0.2, 0.25) is 0 Å². The van der Waals surface area contributed by atoms with Crippen LogP contribution in [0.1, 0.15) is 18.1 Å². The number of amides is 1. The van der Waals surface area contributed by atoms with Crippen LogP contribution in [0.3, 0.4) is 0 Å². The Balaban J connectivity index is 1.84. The SMILES string of the molecule is COc1ccc(C)cc1CCNC(=O)C(C)Oc1ccccc1. The fraction of sp³-hybridized carbons (Fsp3) is 0.316. The smallest absolute Gasteiger partial charge is 0.260 e. The number of nitrogens with one attached hydrogen (secondary N) is 1. The Kier molecular flexibility index (Phi) is 6.03. The Hall–Kier alpha value is -2.49. The number of hydrogen-bond acceptors (Lipinski definition) is 3. The van der Waals surface area contributed by atoms with Crippen molar-refractivity contribution in [2.75, 3.05) is 13.7 Å². The third-order valence-electron chi connectivity index (χ3n) is 3.55. The normalized spacial score (nSPS) is 11.6. The van der Waals surface area contributed by atoms with Crippen LogP contribution in [-0.2, 0) is 11.2 Å². The summed E-state index contributed by atoms with van der Waals surface area (Å²) in [5.74, 6) is 1.41. The molecule has 0 saturated heterocycles. The number of para-hydroxylation sites is 1. The number of ether oxygens (including phenoxy) is 2. The summed E-state index contributed by atoms with van der Waals surface area (Å²) >= 11 is 0. The summed E-state index contributed by atoms with van der Waals surface area (Å²) in [7, 11) is 1.66. The highest BCUT2D eigenvalue weighted by Crippen LogP contribution is 2.19. The minimum absolute atomic E-state index is 0.125. The van der Waals surface area contributed by atoms with Gasteiger partial charge in [0.15, 0.2) is 6.10 Å². The van der Waals surface area contributed by atoms with Crippen molar-refractivity contribution in [3.05, 3.63) is 59.7 Å². The number of methoxy groups -OCH3 is 1. The maximum Gasteiger partial charge on any atom is 0.260 e. The lowest BCUT2D eigenvalue weighted by Crippen LogP contribution is -2.37. The molecule has 1 unspecified atom stereocenters. The fourth-order valence-electron chi connectivity index (χ4n) is 2.32. The molecule has 1 N–H and O–H groups in total. The minimum Gasteiger partial charge on any atom is -0.496 e. The van der Waals surface area contributed by atoms with Crippen molar-refractivity contribution in [3.8, 4) is 11.5 Å². The first-order valence-corrected chi connectivity index (χ1v) is 7.73. The van der Waals surface area contributed by atoms with E-state index in [9.17, 15) is 4.79 Å². The highest BCUT2D eigenvalue weighted by atomic mass is 16.5. The average molecular weight is 313 g/mol. The average Bonchev–Trinajstić information content (AvgIpc) is 2.56. The highest BCUT2D eigenvalue weighted by molar-refractivity contribution is 5.80. The zero-order chi connectivity index (χ0) is 16.7. The molecule has 0 spiro atoms. The lowest BCUT2D eigenvalue weighted by atomic mass is 10.1. The van der Waals surface area contributed by atoms with E-state index in [2.05, 4.69) is 11.4 Å². The summed E-state index contributed by atoms with van der Waals surface area (Å²) in [6.45, 7) is 4.33. The summed E-state index contributed by atoms with van der Waals surface area (Å²) in [4.78, 5) is 12.1. The van der Waals surface area contributed by atoms with Crippen LogP contribution in [0.15, 0.2) is 48.5 Å². The van der Waals surface area contributed by atoms with E-state index in [1.807, 2.05) is 49.4 Å². The molecule has 2 rings (SSSR count). The van der Waals surface area contributed by atoms with Crippen LogP contribution in [-0.4, -0.2) is 25.7 Å². The predicted molar refractivity (Wildman–Crippen MR) is 91.0 cm³/mol. The van der Waals surface area contributed by atoms with Crippen LogP contribution < -0.4 is 14.8 Å². The highest BCUT2D eigenvalue weighted by Gasteiger charge is 2.14. The summed E-state index contributed by atoms with van der Waals surface area (Å²) in [6, 6.07) is 15.4. The molecule has 0 aliphatic heterocycles. The van der Waals surface area contributed by atoms with Crippen LogP contribution in [0.25, 0.3) is 0 Å². The van der Waals surface area contributed by atoms with Crippen molar-refractivity contribution >= 4 is 5.91 Å². The third-order valence-corrected chi connectivity index (χ3v) is 3.55. The first kappa shape index (κ1) is 16.9. The first-order valence-electron chi connectivity index (χ1n) is 7.73.